The van der Waals surface area contributed by atoms with Gasteiger partial charge in [-0.15, -0.1) is 0 Å². The number of aromatic amines is 1. The average Bonchev–Trinajstić information content (AvgIpc) is 3.12. The monoisotopic (exact) mass is 300 g/mol. The van der Waals surface area contributed by atoms with Crippen LogP contribution in [0.25, 0.3) is 0 Å². The number of rotatable bonds is 8. The molecular formula is C13H24N4O2S. The van der Waals surface area contributed by atoms with Crippen LogP contribution in [0.3, 0.4) is 0 Å². The van der Waals surface area contributed by atoms with Crippen molar-refractivity contribution in [1.82, 2.24) is 19.8 Å². The molecule has 1 aliphatic rings. The smallest absolute Gasteiger partial charge is 0.246 e. The molecule has 2 N–H and O–H groups in total. The highest BCUT2D eigenvalue weighted by Crippen LogP contribution is 2.32. The van der Waals surface area contributed by atoms with Gasteiger partial charge in [0.15, 0.2) is 0 Å². The molecule has 2 rings (SSSR count). The Balaban J connectivity index is 2.33. The van der Waals surface area contributed by atoms with Gasteiger partial charge in [-0.1, -0.05) is 6.92 Å². The third-order valence-corrected chi connectivity index (χ3v) is 5.60. The predicted octanol–water partition coefficient (Wildman–Crippen LogP) is 1.25. The van der Waals surface area contributed by atoms with E-state index in [1.54, 1.807) is 18.3 Å². The summed E-state index contributed by atoms with van der Waals surface area (Å²) in [5.41, 5.74) is 1.19. The van der Waals surface area contributed by atoms with Crippen LogP contribution in [0.5, 0.6) is 0 Å². The van der Waals surface area contributed by atoms with E-state index in [-0.39, 0.29) is 0 Å². The molecule has 1 aliphatic carbocycles. The van der Waals surface area contributed by atoms with Crippen molar-refractivity contribution < 1.29 is 8.42 Å². The van der Waals surface area contributed by atoms with Gasteiger partial charge in [-0.3, -0.25) is 5.10 Å². The molecule has 1 fully saturated rings. The quantitative estimate of drug-likeness (QED) is 0.757. The molecule has 0 bridgehead atoms. The summed E-state index contributed by atoms with van der Waals surface area (Å²) in [6.07, 6.45) is 3.11. The van der Waals surface area contributed by atoms with E-state index in [0.29, 0.717) is 41.8 Å². The second-order valence-electron chi connectivity index (χ2n) is 5.46. The zero-order valence-electron chi connectivity index (χ0n) is 12.4. The minimum Gasteiger partial charge on any atom is -0.314 e. The summed E-state index contributed by atoms with van der Waals surface area (Å²) in [5.74, 6) is 0.538. The van der Waals surface area contributed by atoms with Gasteiger partial charge in [-0.05, 0) is 39.2 Å². The largest absolute Gasteiger partial charge is 0.314 e. The zero-order valence-corrected chi connectivity index (χ0v) is 13.3. The van der Waals surface area contributed by atoms with Gasteiger partial charge in [-0.2, -0.15) is 9.40 Å². The van der Waals surface area contributed by atoms with Gasteiger partial charge in [-0.25, -0.2) is 8.42 Å². The van der Waals surface area contributed by atoms with Crippen molar-refractivity contribution in [2.45, 2.75) is 44.6 Å². The molecule has 0 saturated heterocycles. The van der Waals surface area contributed by atoms with E-state index in [4.69, 9.17) is 0 Å². The normalized spacial score (nSPS) is 16.0. The fourth-order valence-corrected chi connectivity index (χ4v) is 4.31. The van der Waals surface area contributed by atoms with Crippen LogP contribution in [0, 0.1) is 12.8 Å². The summed E-state index contributed by atoms with van der Waals surface area (Å²) in [4.78, 5) is 0.348. The molecule has 0 unspecified atom stereocenters. The zero-order chi connectivity index (χ0) is 14.8. The number of H-pyrrole nitrogens is 1. The summed E-state index contributed by atoms with van der Waals surface area (Å²) in [6, 6.07) is 0. The van der Waals surface area contributed by atoms with Crippen LogP contribution in [0.15, 0.2) is 4.90 Å². The summed E-state index contributed by atoms with van der Waals surface area (Å²) in [7, 11) is -1.67. The molecule has 0 aromatic carbocycles. The van der Waals surface area contributed by atoms with Crippen LogP contribution < -0.4 is 5.32 Å². The average molecular weight is 300 g/mol. The molecule has 0 radical (unpaired) electrons. The van der Waals surface area contributed by atoms with Gasteiger partial charge in [0.25, 0.3) is 0 Å². The molecule has 1 aromatic heterocycles. The van der Waals surface area contributed by atoms with Gasteiger partial charge in [0, 0.05) is 19.6 Å². The number of sulfonamides is 1. The van der Waals surface area contributed by atoms with Crippen LogP contribution in [0.4, 0.5) is 0 Å². The Morgan fingerprint density at radius 2 is 2.15 bits per heavy atom. The van der Waals surface area contributed by atoms with E-state index < -0.39 is 10.0 Å². The molecule has 1 saturated carbocycles. The lowest BCUT2D eigenvalue weighted by molar-refractivity contribution is 0.395. The minimum absolute atomic E-state index is 0.348. The fourth-order valence-electron chi connectivity index (χ4n) is 2.38. The number of aromatic nitrogens is 2. The first-order valence-corrected chi connectivity index (χ1v) is 8.63. The Labute approximate surface area is 121 Å². The van der Waals surface area contributed by atoms with Crippen molar-refractivity contribution in [3.05, 3.63) is 11.4 Å². The molecule has 1 heterocycles. The maximum absolute atomic E-state index is 12.9. The Bertz CT molecular complexity index is 549. The second kappa shape index (κ2) is 6.24. The Kier molecular flexibility index (Phi) is 4.82. The van der Waals surface area contributed by atoms with Gasteiger partial charge in [0.1, 0.15) is 4.90 Å². The van der Waals surface area contributed by atoms with Crippen molar-refractivity contribution in [2.24, 2.45) is 5.92 Å². The summed E-state index contributed by atoms with van der Waals surface area (Å²) in [6.45, 7) is 5.43. The van der Waals surface area contributed by atoms with Crippen molar-refractivity contribution in [1.29, 1.82) is 0 Å². The molecular weight excluding hydrogens is 276 g/mol. The Hall–Kier alpha value is -0.920. The molecule has 0 aliphatic heterocycles. The lowest BCUT2D eigenvalue weighted by Gasteiger charge is -2.21. The molecule has 0 spiro atoms. The lowest BCUT2D eigenvalue weighted by atomic mass is 10.4. The fraction of sp³-hybridized carbons (Fsp3) is 0.769. The number of nitrogens with zero attached hydrogens (tertiary/aromatic N) is 2. The summed E-state index contributed by atoms with van der Waals surface area (Å²) in [5, 5.41) is 9.88. The first kappa shape index (κ1) is 15.5. The maximum atomic E-state index is 12.9. The Morgan fingerprint density at radius 3 is 2.70 bits per heavy atom. The molecule has 0 atom stereocenters. The summed E-state index contributed by atoms with van der Waals surface area (Å²) < 4.78 is 27.4. The molecule has 20 heavy (non-hydrogen) atoms. The highest BCUT2D eigenvalue weighted by molar-refractivity contribution is 7.89. The van der Waals surface area contributed by atoms with Gasteiger partial charge < -0.3 is 5.32 Å². The minimum atomic E-state index is -3.46. The van der Waals surface area contributed by atoms with Crippen LogP contribution in [0.1, 0.15) is 37.6 Å². The van der Waals surface area contributed by atoms with Crippen molar-refractivity contribution in [2.75, 3.05) is 20.1 Å². The van der Waals surface area contributed by atoms with E-state index >= 15 is 0 Å². The summed E-state index contributed by atoms with van der Waals surface area (Å²) >= 11 is 0. The molecule has 7 heteroatoms. The number of aryl methyl sites for hydroxylation is 1. The number of nitrogens with one attached hydrogen (secondary N) is 2. The van der Waals surface area contributed by atoms with Gasteiger partial charge in [0.2, 0.25) is 10.0 Å². The van der Waals surface area contributed by atoms with Crippen molar-refractivity contribution in [3.8, 4) is 0 Å². The van der Waals surface area contributed by atoms with Gasteiger partial charge >= 0.3 is 0 Å². The van der Waals surface area contributed by atoms with Crippen molar-refractivity contribution in [3.63, 3.8) is 0 Å². The molecule has 1 aromatic rings. The first-order chi connectivity index (χ1) is 9.50. The Morgan fingerprint density at radius 1 is 1.45 bits per heavy atom. The number of hydrogen-bond acceptors (Lipinski definition) is 4. The first-order valence-electron chi connectivity index (χ1n) is 7.19. The molecule has 114 valence electrons. The third-order valence-electron chi connectivity index (χ3n) is 3.54. The third kappa shape index (κ3) is 3.21. The van der Waals surface area contributed by atoms with E-state index in [0.717, 1.165) is 19.3 Å². The van der Waals surface area contributed by atoms with Crippen LogP contribution in [0.2, 0.25) is 0 Å². The standard InChI is InChI=1S/C13H24N4O2S/c1-4-7-17(9-11-5-6-11)20(18,19)13-10(2)15-16-12(13)8-14-3/h11,14H,4-9H2,1-3H3,(H,15,16). The van der Waals surface area contributed by atoms with E-state index in [1.807, 2.05) is 6.92 Å². The van der Waals surface area contributed by atoms with Gasteiger partial charge in [0.05, 0.1) is 11.4 Å². The lowest BCUT2D eigenvalue weighted by Crippen LogP contribution is -2.34. The topological polar surface area (TPSA) is 78.1 Å². The van der Waals surface area contributed by atoms with Crippen LogP contribution in [-0.2, 0) is 16.6 Å². The van der Waals surface area contributed by atoms with Crippen LogP contribution >= 0.6 is 0 Å². The van der Waals surface area contributed by atoms with E-state index in [2.05, 4.69) is 15.5 Å². The highest BCUT2D eigenvalue weighted by atomic mass is 32.2. The van der Waals surface area contributed by atoms with E-state index in [9.17, 15) is 8.42 Å². The SMILES string of the molecule is CCCN(CC1CC1)S(=O)(=O)c1c(CNC)n[nH]c1C. The van der Waals surface area contributed by atoms with Crippen molar-refractivity contribution >= 4 is 10.0 Å². The molecule has 0 amide bonds. The second-order valence-corrected chi connectivity index (χ2v) is 7.34. The molecule has 6 nitrogen and oxygen atoms in total. The predicted molar refractivity (Wildman–Crippen MR) is 77.9 cm³/mol. The number of hydrogen-bond donors (Lipinski definition) is 2. The van der Waals surface area contributed by atoms with Crippen LogP contribution in [-0.4, -0.2) is 43.1 Å². The highest BCUT2D eigenvalue weighted by Gasteiger charge is 2.34. The van der Waals surface area contributed by atoms with E-state index in [1.165, 1.54) is 0 Å². The maximum Gasteiger partial charge on any atom is 0.246 e.